The number of para-hydroxylation sites is 1. The highest BCUT2D eigenvalue weighted by molar-refractivity contribution is 5.78. The molecule has 166 valence electrons. The molecule has 3 aromatic carbocycles. The summed E-state index contributed by atoms with van der Waals surface area (Å²) < 4.78 is 55.9. The van der Waals surface area contributed by atoms with E-state index in [0.717, 1.165) is 12.1 Å². The van der Waals surface area contributed by atoms with Gasteiger partial charge < -0.3 is 4.84 Å². The number of benzene rings is 3. The summed E-state index contributed by atoms with van der Waals surface area (Å²) in [6, 6.07) is 15.9. The molecule has 0 unspecified atom stereocenters. The van der Waals surface area contributed by atoms with Crippen molar-refractivity contribution in [3.05, 3.63) is 110 Å². The summed E-state index contributed by atoms with van der Waals surface area (Å²) in [5.74, 6) is 2.90. The van der Waals surface area contributed by atoms with Crippen LogP contribution < -0.4 is 16.1 Å². The van der Waals surface area contributed by atoms with Crippen LogP contribution in [-0.4, -0.2) is 22.3 Å². The number of hydrogen-bond acceptors (Lipinski definition) is 3. The van der Waals surface area contributed by atoms with E-state index in [4.69, 9.17) is 4.84 Å². The molecule has 1 heterocycles. The van der Waals surface area contributed by atoms with Gasteiger partial charge in [-0.2, -0.15) is 0 Å². The zero-order chi connectivity index (χ0) is 23.5. The van der Waals surface area contributed by atoms with E-state index in [0.29, 0.717) is 10.3 Å². The number of aromatic nitrogens is 2. The zero-order valence-electron chi connectivity index (χ0n) is 16.8. The first-order valence-electron chi connectivity index (χ1n) is 9.61. The van der Waals surface area contributed by atoms with Gasteiger partial charge in [-0.15, -0.1) is 4.73 Å². The first kappa shape index (κ1) is 21.9. The number of halogens is 4. The van der Waals surface area contributed by atoms with E-state index in [1.165, 1.54) is 24.3 Å². The minimum Gasteiger partial charge on any atom is -0.403 e. The van der Waals surface area contributed by atoms with E-state index in [1.807, 2.05) is 0 Å². The second kappa shape index (κ2) is 9.04. The third kappa shape index (κ3) is 4.36. The molecule has 5 nitrogen and oxygen atoms in total. The monoisotopic (exact) mass is 454 g/mol. The molecular weight excluding hydrogens is 440 g/mol. The van der Waals surface area contributed by atoms with Crippen molar-refractivity contribution in [3.8, 4) is 17.5 Å². The lowest BCUT2D eigenvalue weighted by molar-refractivity contribution is 0.00774. The first-order valence-corrected chi connectivity index (χ1v) is 9.61. The van der Waals surface area contributed by atoms with Crippen LogP contribution in [0.2, 0.25) is 0 Å². The Hall–Kier alpha value is -4.32. The highest BCUT2D eigenvalue weighted by Crippen LogP contribution is 2.18. The predicted octanol–water partition coefficient (Wildman–Crippen LogP) is 3.52. The zero-order valence-corrected chi connectivity index (χ0v) is 16.8. The summed E-state index contributed by atoms with van der Waals surface area (Å²) in [7, 11) is 0. The van der Waals surface area contributed by atoms with Crippen LogP contribution in [0, 0.1) is 23.5 Å². The molecule has 0 spiro atoms. The standard InChI is InChI=1S/C24H14F4N2O3/c25-18-12-16(11-10-15-6-2-1-3-7-15)13-19(26)22(18)29-23(31)17-8-4-5-9-20(17)30(24(29)32)33-14-21(27)28/h1-9,12-13,21H,14H2. The van der Waals surface area contributed by atoms with Crippen LogP contribution in [0.3, 0.4) is 0 Å². The largest absolute Gasteiger partial charge is 0.403 e. The molecule has 0 amide bonds. The minimum atomic E-state index is -2.92. The van der Waals surface area contributed by atoms with Crippen molar-refractivity contribution in [1.82, 2.24) is 9.30 Å². The second-order valence-corrected chi connectivity index (χ2v) is 6.83. The lowest BCUT2D eigenvalue weighted by atomic mass is 10.1. The van der Waals surface area contributed by atoms with Gasteiger partial charge in [-0.1, -0.05) is 42.2 Å². The van der Waals surface area contributed by atoms with Crippen molar-refractivity contribution in [1.29, 1.82) is 0 Å². The Labute approximate surface area is 184 Å². The second-order valence-electron chi connectivity index (χ2n) is 6.83. The van der Waals surface area contributed by atoms with Crippen molar-refractivity contribution in [2.45, 2.75) is 6.43 Å². The van der Waals surface area contributed by atoms with E-state index in [2.05, 4.69) is 11.8 Å². The lowest BCUT2D eigenvalue weighted by Gasteiger charge is -2.15. The average Bonchev–Trinajstić information content (AvgIpc) is 2.80. The Balaban J connectivity index is 1.90. The fourth-order valence-electron chi connectivity index (χ4n) is 3.20. The highest BCUT2D eigenvalue weighted by atomic mass is 19.3. The molecule has 0 aliphatic rings. The van der Waals surface area contributed by atoms with Crippen LogP contribution in [0.15, 0.2) is 76.3 Å². The summed E-state index contributed by atoms with van der Waals surface area (Å²) in [6.45, 7) is -1.17. The van der Waals surface area contributed by atoms with Crippen LogP contribution in [0.25, 0.3) is 16.6 Å². The van der Waals surface area contributed by atoms with Crippen molar-refractivity contribution in [2.75, 3.05) is 6.61 Å². The number of hydrogen-bond donors (Lipinski definition) is 0. The minimum absolute atomic E-state index is 0.0271. The summed E-state index contributed by atoms with van der Waals surface area (Å²) in [5, 5.41) is -0.155. The maximum absolute atomic E-state index is 15.0. The molecule has 0 bridgehead atoms. The number of fused-ring (bicyclic) bond motifs is 1. The van der Waals surface area contributed by atoms with E-state index >= 15 is 0 Å². The Morgan fingerprint density at radius 3 is 2.12 bits per heavy atom. The fourth-order valence-corrected chi connectivity index (χ4v) is 3.20. The Morgan fingerprint density at radius 2 is 1.45 bits per heavy atom. The molecule has 0 radical (unpaired) electrons. The Bertz CT molecular complexity index is 1490. The lowest BCUT2D eigenvalue weighted by Crippen LogP contribution is -2.43. The average molecular weight is 454 g/mol. The van der Waals surface area contributed by atoms with Gasteiger partial charge in [0.2, 0.25) is 0 Å². The normalized spacial score (nSPS) is 10.8. The number of alkyl halides is 2. The quantitative estimate of drug-likeness (QED) is 0.350. The van der Waals surface area contributed by atoms with Crippen molar-refractivity contribution < 1.29 is 22.4 Å². The van der Waals surface area contributed by atoms with Gasteiger partial charge in [0, 0.05) is 11.1 Å². The maximum atomic E-state index is 15.0. The van der Waals surface area contributed by atoms with Crippen molar-refractivity contribution in [2.24, 2.45) is 0 Å². The molecule has 4 rings (SSSR count). The third-order valence-corrected chi connectivity index (χ3v) is 4.62. The van der Waals surface area contributed by atoms with Gasteiger partial charge in [0.15, 0.2) is 18.2 Å². The molecule has 0 fully saturated rings. The molecule has 0 atom stereocenters. The molecule has 9 heteroatoms. The molecule has 4 aromatic rings. The van der Waals surface area contributed by atoms with E-state index < -0.39 is 41.6 Å². The summed E-state index contributed by atoms with van der Waals surface area (Å²) in [4.78, 5) is 30.7. The highest BCUT2D eigenvalue weighted by Gasteiger charge is 2.22. The molecule has 0 saturated heterocycles. The van der Waals surface area contributed by atoms with Gasteiger partial charge in [-0.05, 0) is 36.4 Å². The van der Waals surface area contributed by atoms with Crippen LogP contribution in [-0.2, 0) is 0 Å². The van der Waals surface area contributed by atoms with Crippen LogP contribution >= 0.6 is 0 Å². The van der Waals surface area contributed by atoms with E-state index in [-0.39, 0.29) is 21.0 Å². The first-order chi connectivity index (χ1) is 15.9. The van der Waals surface area contributed by atoms with Gasteiger partial charge in [-0.3, -0.25) is 4.79 Å². The van der Waals surface area contributed by atoms with Gasteiger partial charge in [-0.25, -0.2) is 26.9 Å². The van der Waals surface area contributed by atoms with Gasteiger partial charge in [0.05, 0.1) is 10.9 Å². The summed E-state index contributed by atoms with van der Waals surface area (Å²) >= 11 is 0. The number of rotatable bonds is 4. The smallest absolute Gasteiger partial charge is 0.369 e. The molecule has 0 aliphatic carbocycles. The molecule has 33 heavy (non-hydrogen) atoms. The van der Waals surface area contributed by atoms with Crippen LogP contribution in [0.4, 0.5) is 17.6 Å². The summed E-state index contributed by atoms with van der Waals surface area (Å²) in [5.41, 5.74) is -2.85. The van der Waals surface area contributed by atoms with Crippen molar-refractivity contribution >= 4 is 10.9 Å². The Morgan fingerprint density at radius 1 is 0.848 bits per heavy atom. The summed E-state index contributed by atoms with van der Waals surface area (Å²) in [6.07, 6.45) is -2.92. The molecule has 0 N–H and O–H groups in total. The van der Waals surface area contributed by atoms with E-state index in [9.17, 15) is 27.2 Å². The predicted molar refractivity (Wildman–Crippen MR) is 114 cm³/mol. The SMILES string of the molecule is O=c1c2ccccc2n(OCC(F)F)c(=O)n1-c1c(F)cc(C#Cc2ccccc2)cc1F. The van der Waals surface area contributed by atoms with Gasteiger partial charge in [0.25, 0.3) is 12.0 Å². The van der Waals surface area contributed by atoms with Gasteiger partial charge >= 0.3 is 5.69 Å². The van der Waals surface area contributed by atoms with Crippen LogP contribution in [0.1, 0.15) is 11.1 Å². The van der Waals surface area contributed by atoms with E-state index in [1.54, 1.807) is 30.3 Å². The third-order valence-electron chi connectivity index (χ3n) is 4.62. The topological polar surface area (TPSA) is 53.2 Å². The molecule has 1 aromatic heterocycles. The fraction of sp³-hybridized carbons (Fsp3) is 0.0833. The molecule has 0 saturated carbocycles. The van der Waals surface area contributed by atoms with Gasteiger partial charge in [0.1, 0.15) is 5.69 Å². The molecule has 0 aliphatic heterocycles. The Kier molecular flexibility index (Phi) is 6.00. The maximum Gasteiger partial charge on any atom is 0.369 e. The number of nitrogens with zero attached hydrogens (tertiary/aromatic N) is 2. The molecular formula is C24H14F4N2O3. The van der Waals surface area contributed by atoms with Crippen LogP contribution in [0.5, 0.6) is 0 Å². The van der Waals surface area contributed by atoms with Crippen molar-refractivity contribution in [3.63, 3.8) is 0 Å².